The fraction of sp³-hybridized carbons (Fsp3) is 0.176. The van der Waals surface area contributed by atoms with Crippen LogP contribution < -0.4 is 4.90 Å². The zero-order chi connectivity index (χ0) is 15.4. The van der Waals surface area contributed by atoms with Gasteiger partial charge in [0.2, 0.25) is 0 Å². The summed E-state index contributed by atoms with van der Waals surface area (Å²) in [7, 11) is 3.70. The number of rotatable bonds is 5. The van der Waals surface area contributed by atoms with Gasteiger partial charge in [-0.15, -0.1) is 0 Å². The van der Waals surface area contributed by atoms with Crippen molar-refractivity contribution < 1.29 is 14.7 Å². The summed E-state index contributed by atoms with van der Waals surface area (Å²) in [6.45, 7) is 0. The van der Waals surface area contributed by atoms with Crippen molar-refractivity contribution in [3.63, 3.8) is 0 Å². The minimum atomic E-state index is -1.27. The van der Waals surface area contributed by atoms with E-state index in [-0.39, 0.29) is 11.1 Å². The molecule has 21 heavy (non-hydrogen) atoms. The highest BCUT2D eigenvalue weighted by molar-refractivity contribution is 6.06. The molecular formula is C17H17NO3. The van der Waals surface area contributed by atoms with Gasteiger partial charge in [0.1, 0.15) is 6.10 Å². The Hall–Kier alpha value is -2.46. The predicted octanol–water partition coefficient (Wildman–Crippen LogP) is 2.48. The Labute approximate surface area is 123 Å². The number of aliphatic hydroxyl groups excluding tert-OH is 1. The van der Waals surface area contributed by atoms with Crippen molar-refractivity contribution in [3.05, 3.63) is 65.2 Å². The van der Waals surface area contributed by atoms with E-state index in [2.05, 4.69) is 0 Å². The summed E-state index contributed by atoms with van der Waals surface area (Å²) in [6.07, 6.45) is -0.632. The Kier molecular flexibility index (Phi) is 4.50. The van der Waals surface area contributed by atoms with Gasteiger partial charge in [-0.2, -0.15) is 0 Å². The van der Waals surface area contributed by atoms with Gasteiger partial charge in [0.25, 0.3) is 0 Å². The molecule has 0 radical (unpaired) electrons. The highest BCUT2D eigenvalue weighted by Gasteiger charge is 2.21. The molecule has 2 rings (SSSR count). The van der Waals surface area contributed by atoms with Crippen LogP contribution in [0.15, 0.2) is 48.5 Å². The second-order valence-electron chi connectivity index (χ2n) is 4.96. The number of hydrogen-bond donors (Lipinski definition) is 1. The standard InChI is InChI=1S/C17H17NO3/c1-18(2)14-8-9-15(13(10-14)11-19)17(21)16(20)12-6-4-3-5-7-12/h3-11,16,20H,1-2H3. The van der Waals surface area contributed by atoms with Crippen LogP contribution in [0.5, 0.6) is 0 Å². The Bertz CT molecular complexity index is 650. The molecule has 0 aromatic heterocycles. The first-order chi connectivity index (χ1) is 10.0. The van der Waals surface area contributed by atoms with Crippen LogP contribution in [0.4, 0.5) is 5.69 Å². The van der Waals surface area contributed by atoms with E-state index in [4.69, 9.17) is 0 Å². The topological polar surface area (TPSA) is 57.6 Å². The van der Waals surface area contributed by atoms with Crippen molar-refractivity contribution in [2.75, 3.05) is 19.0 Å². The number of nitrogens with zero attached hydrogens (tertiary/aromatic N) is 1. The summed E-state index contributed by atoms with van der Waals surface area (Å²) in [5.41, 5.74) is 1.84. The number of hydrogen-bond acceptors (Lipinski definition) is 4. The van der Waals surface area contributed by atoms with Crippen LogP contribution in [0.25, 0.3) is 0 Å². The highest BCUT2D eigenvalue weighted by Crippen LogP contribution is 2.23. The summed E-state index contributed by atoms with van der Waals surface area (Å²) in [5.74, 6) is -0.478. The molecule has 4 heteroatoms. The largest absolute Gasteiger partial charge is 0.380 e. The average molecular weight is 283 g/mol. The van der Waals surface area contributed by atoms with Crippen LogP contribution in [0.2, 0.25) is 0 Å². The van der Waals surface area contributed by atoms with E-state index in [1.165, 1.54) is 0 Å². The monoisotopic (exact) mass is 283 g/mol. The molecule has 2 aromatic carbocycles. The number of aldehydes is 1. The molecule has 0 aliphatic rings. The van der Waals surface area contributed by atoms with Crippen molar-refractivity contribution >= 4 is 17.8 Å². The number of carbonyl (C=O) groups excluding carboxylic acids is 2. The molecule has 0 saturated carbocycles. The summed E-state index contributed by atoms with van der Waals surface area (Å²) < 4.78 is 0. The number of aliphatic hydroxyl groups is 1. The fourth-order valence-electron chi connectivity index (χ4n) is 2.08. The van der Waals surface area contributed by atoms with Gasteiger partial charge in [0, 0.05) is 30.9 Å². The SMILES string of the molecule is CN(C)c1ccc(C(=O)C(O)c2ccccc2)c(C=O)c1. The zero-order valence-corrected chi connectivity index (χ0v) is 12.0. The molecule has 0 amide bonds. The van der Waals surface area contributed by atoms with Gasteiger partial charge >= 0.3 is 0 Å². The minimum Gasteiger partial charge on any atom is -0.380 e. The molecule has 4 nitrogen and oxygen atoms in total. The molecule has 0 aliphatic carbocycles. The van der Waals surface area contributed by atoms with Crippen molar-refractivity contribution in [1.29, 1.82) is 0 Å². The Morgan fingerprint density at radius 3 is 2.38 bits per heavy atom. The second-order valence-corrected chi connectivity index (χ2v) is 4.96. The number of benzene rings is 2. The Balaban J connectivity index is 2.37. The van der Waals surface area contributed by atoms with E-state index in [9.17, 15) is 14.7 Å². The lowest BCUT2D eigenvalue weighted by molar-refractivity contribution is 0.0745. The second kappa shape index (κ2) is 6.33. The Morgan fingerprint density at radius 2 is 1.81 bits per heavy atom. The summed E-state index contributed by atoms with van der Waals surface area (Å²) in [6, 6.07) is 13.6. The van der Waals surface area contributed by atoms with E-state index in [1.54, 1.807) is 42.5 Å². The first-order valence-electron chi connectivity index (χ1n) is 6.58. The molecule has 0 bridgehead atoms. The molecule has 0 aliphatic heterocycles. The Morgan fingerprint density at radius 1 is 1.14 bits per heavy atom. The van der Waals surface area contributed by atoms with Gasteiger partial charge in [0.05, 0.1) is 0 Å². The van der Waals surface area contributed by atoms with E-state index < -0.39 is 11.9 Å². The fourth-order valence-corrected chi connectivity index (χ4v) is 2.08. The van der Waals surface area contributed by atoms with Crippen LogP contribution in [-0.2, 0) is 0 Å². The van der Waals surface area contributed by atoms with Gasteiger partial charge in [-0.25, -0.2) is 0 Å². The molecule has 108 valence electrons. The summed E-state index contributed by atoms with van der Waals surface area (Å²) in [5, 5.41) is 10.2. The average Bonchev–Trinajstić information content (AvgIpc) is 2.53. The van der Waals surface area contributed by atoms with Crippen molar-refractivity contribution in [2.24, 2.45) is 0 Å². The van der Waals surface area contributed by atoms with E-state index in [0.29, 0.717) is 11.8 Å². The van der Waals surface area contributed by atoms with Crippen LogP contribution in [-0.4, -0.2) is 31.3 Å². The van der Waals surface area contributed by atoms with Crippen LogP contribution in [0.3, 0.4) is 0 Å². The highest BCUT2D eigenvalue weighted by atomic mass is 16.3. The number of ketones is 1. The van der Waals surface area contributed by atoms with Gasteiger partial charge in [-0.3, -0.25) is 9.59 Å². The minimum absolute atomic E-state index is 0.229. The lowest BCUT2D eigenvalue weighted by atomic mass is 9.96. The first-order valence-corrected chi connectivity index (χ1v) is 6.58. The van der Waals surface area contributed by atoms with E-state index in [0.717, 1.165) is 5.69 Å². The molecule has 0 saturated heterocycles. The maximum Gasteiger partial charge on any atom is 0.196 e. The summed E-state index contributed by atoms with van der Waals surface area (Å²) in [4.78, 5) is 25.4. The molecule has 1 atom stereocenters. The molecule has 2 aromatic rings. The van der Waals surface area contributed by atoms with E-state index in [1.807, 2.05) is 25.1 Å². The van der Waals surface area contributed by atoms with Gasteiger partial charge < -0.3 is 10.0 Å². The first kappa shape index (κ1) is 14.9. The lowest BCUT2D eigenvalue weighted by Gasteiger charge is -2.16. The third kappa shape index (κ3) is 3.17. The van der Waals surface area contributed by atoms with Gasteiger partial charge in [-0.1, -0.05) is 30.3 Å². The summed E-state index contributed by atoms with van der Waals surface area (Å²) >= 11 is 0. The molecular weight excluding hydrogens is 266 g/mol. The van der Waals surface area contributed by atoms with Crippen LogP contribution in [0.1, 0.15) is 32.4 Å². The third-order valence-electron chi connectivity index (χ3n) is 3.31. The molecule has 0 fully saturated rings. The van der Waals surface area contributed by atoms with Crippen molar-refractivity contribution in [3.8, 4) is 0 Å². The number of Topliss-reactive ketones (excluding diaryl/α,β-unsaturated/α-hetero) is 1. The van der Waals surface area contributed by atoms with Crippen molar-refractivity contribution in [1.82, 2.24) is 0 Å². The maximum absolute atomic E-state index is 12.4. The number of anilines is 1. The normalized spacial score (nSPS) is 11.8. The molecule has 0 heterocycles. The predicted molar refractivity (Wildman–Crippen MR) is 81.9 cm³/mol. The third-order valence-corrected chi connectivity index (χ3v) is 3.31. The smallest absolute Gasteiger partial charge is 0.196 e. The van der Waals surface area contributed by atoms with Gasteiger partial charge in [0.15, 0.2) is 12.1 Å². The maximum atomic E-state index is 12.4. The molecule has 0 spiro atoms. The molecule has 1 unspecified atom stereocenters. The quantitative estimate of drug-likeness (QED) is 0.676. The lowest BCUT2D eigenvalue weighted by Crippen LogP contribution is -2.15. The zero-order valence-electron chi connectivity index (χ0n) is 12.0. The van der Waals surface area contributed by atoms with Gasteiger partial charge in [-0.05, 0) is 23.8 Å². The number of carbonyl (C=O) groups is 2. The van der Waals surface area contributed by atoms with E-state index >= 15 is 0 Å². The molecule has 1 N–H and O–H groups in total. The van der Waals surface area contributed by atoms with Crippen molar-refractivity contribution in [2.45, 2.75) is 6.10 Å². The van der Waals surface area contributed by atoms with Crippen LogP contribution in [0, 0.1) is 0 Å². The van der Waals surface area contributed by atoms with Crippen LogP contribution >= 0.6 is 0 Å².